The van der Waals surface area contributed by atoms with Crippen molar-refractivity contribution >= 4 is 23.5 Å². The first kappa shape index (κ1) is 13.9. The Kier molecular flexibility index (Phi) is 3.82. The maximum atomic E-state index is 11.3. The fourth-order valence-corrected chi connectivity index (χ4v) is 2.31. The van der Waals surface area contributed by atoms with E-state index in [1.807, 2.05) is 0 Å². The third-order valence-corrected chi connectivity index (χ3v) is 3.22. The molecule has 1 fully saturated rings. The molecule has 1 saturated heterocycles. The summed E-state index contributed by atoms with van der Waals surface area (Å²) in [5.74, 6) is 0.613. The summed E-state index contributed by atoms with van der Waals surface area (Å²) in [6.45, 7) is 4.24. The number of halogens is 1. The molecule has 0 aliphatic carbocycles. The number of ether oxygens (including phenoxy) is 1. The molecule has 0 aromatic carbocycles. The number of carbonyl (C=O) groups is 1. The van der Waals surface area contributed by atoms with Crippen LogP contribution in [0.4, 0.5) is 10.6 Å². The minimum absolute atomic E-state index is 0.256. The van der Waals surface area contributed by atoms with Crippen LogP contribution in [0.15, 0.2) is 18.2 Å². The molecular formula is C12H16ClN3O3. The van der Waals surface area contributed by atoms with Crippen LogP contribution in [-0.4, -0.2) is 46.0 Å². The summed E-state index contributed by atoms with van der Waals surface area (Å²) in [6, 6.07) is 4.98. The molecule has 7 heteroatoms. The molecule has 1 aliphatic rings. The minimum atomic E-state index is -0.992. The van der Waals surface area contributed by atoms with Gasteiger partial charge < -0.3 is 15.2 Å². The Morgan fingerprint density at radius 3 is 3.05 bits per heavy atom. The molecule has 0 radical (unpaired) electrons. The van der Waals surface area contributed by atoms with E-state index in [2.05, 4.69) is 10.3 Å². The summed E-state index contributed by atoms with van der Waals surface area (Å²) in [5, 5.41) is 12.7. The van der Waals surface area contributed by atoms with E-state index in [1.165, 1.54) is 4.90 Å². The van der Waals surface area contributed by atoms with E-state index in [0.29, 0.717) is 24.1 Å². The lowest BCUT2D eigenvalue weighted by Gasteiger charge is -2.31. The lowest BCUT2D eigenvalue weighted by molar-refractivity contribution is -0.0416. The normalized spacial score (nSPS) is 21.4. The Bertz CT molecular complexity index is 481. The van der Waals surface area contributed by atoms with E-state index in [9.17, 15) is 9.90 Å². The van der Waals surface area contributed by atoms with Crippen LogP contribution in [0.1, 0.15) is 13.8 Å². The van der Waals surface area contributed by atoms with E-state index in [0.717, 1.165) is 0 Å². The molecule has 1 aromatic rings. The molecule has 2 N–H and O–H groups in total. The van der Waals surface area contributed by atoms with Crippen molar-refractivity contribution in [3.8, 4) is 0 Å². The average Bonchev–Trinajstić information content (AvgIpc) is 2.62. The van der Waals surface area contributed by atoms with Crippen molar-refractivity contribution in [2.75, 3.05) is 18.5 Å². The Balaban J connectivity index is 2.01. The molecule has 6 nitrogen and oxygen atoms in total. The molecule has 1 aromatic heterocycles. The summed E-state index contributed by atoms with van der Waals surface area (Å²) in [4.78, 5) is 16.7. The van der Waals surface area contributed by atoms with Crippen molar-refractivity contribution in [3.63, 3.8) is 0 Å². The third-order valence-electron chi connectivity index (χ3n) is 3.01. The average molecular weight is 286 g/mol. The van der Waals surface area contributed by atoms with E-state index >= 15 is 0 Å². The molecule has 2 rings (SSSR count). The highest BCUT2D eigenvalue weighted by Gasteiger charge is 2.43. The van der Waals surface area contributed by atoms with Crippen LogP contribution >= 0.6 is 11.6 Å². The number of amides is 1. The zero-order chi connectivity index (χ0) is 14.0. The summed E-state index contributed by atoms with van der Waals surface area (Å²) >= 11 is 5.78. The van der Waals surface area contributed by atoms with Gasteiger partial charge in [0, 0.05) is 6.54 Å². The molecule has 19 heavy (non-hydrogen) atoms. The van der Waals surface area contributed by atoms with Gasteiger partial charge in [-0.15, -0.1) is 0 Å². The van der Waals surface area contributed by atoms with Crippen molar-refractivity contribution in [1.82, 2.24) is 9.88 Å². The highest BCUT2D eigenvalue weighted by atomic mass is 35.5. The second-order valence-electron chi connectivity index (χ2n) is 4.79. The molecule has 1 atom stereocenters. The van der Waals surface area contributed by atoms with Gasteiger partial charge in [0.2, 0.25) is 0 Å². The summed E-state index contributed by atoms with van der Waals surface area (Å²) in [6.07, 6.45) is -0.992. The largest absolute Gasteiger partial charge is 0.465 e. The number of anilines is 1. The van der Waals surface area contributed by atoms with E-state index in [-0.39, 0.29) is 6.04 Å². The number of carboxylic acid groups (broad SMARTS) is 1. The van der Waals surface area contributed by atoms with E-state index in [4.69, 9.17) is 16.3 Å². The first-order chi connectivity index (χ1) is 8.90. The number of hydrogen-bond acceptors (Lipinski definition) is 4. The summed E-state index contributed by atoms with van der Waals surface area (Å²) < 4.78 is 5.50. The quantitative estimate of drug-likeness (QED) is 0.833. The smallest absolute Gasteiger partial charge is 0.409 e. The second-order valence-corrected chi connectivity index (χ2v) is 5.18. The van der Waals surface area contributed by atoms with Crippen LogP contribution < -0.4 is 5.32 Å². The maximum absolute atomic E-state index is 11.3. The predicted molar refractivity (Wildman–Crippen MR) is 71.4 cm³/mol. The predicted octanol–water partition coefficient (Wildman–Crippen LogP) is 2.26. The van der Waals surface area contributed by atoms with Crippen molar-refractivity contribution in [2.24, 2.45) is 0 Å². The molecule has 0 spiro atoms. The molecule has 1 amide bonds. The molecule has 104 valence electrons. The topological polar surface area (TPSA) is 74.7 Å². The Morgan fingerprint density at radius 1 is 1.68 bits per heavy atom. The first-order valence-corrected chi connectivity index (χ1v) is 6.30. The monoisotopic (exact) mass is 285 g/mol. The van der Waals surface area contributed by atoms with Crippen LogP contribution in [0.25, 0.3) is 0 Å². The number of nitrogens with one attached hydrogen (secondary N) is 1. The van der Waals surface area contributed by atoms with Crippen molar-refractivity contribution in [3.05, 3.63) is 23.4 Å². The molecule has 1 aliphatic heterocycles. The van der Waals surface area contributed by atoms with Gasteiger partial charge in [0.25, 0.3) is 0 Å². The van der Waals surface area contributed by atoms with Crippen LogP contribution in [-0.2, 0) is 4.74 Å². The minimum Gasteiger partial charge on any atom is -0.465 e. The van der Waals surface area contributed by atoms with Gasteiger partial charge >= 0.3 is 6.09 Å². The highest BCUT2D eigenvalue weighted by Crippen LogP contribution is 2.27. The van der Waals surface area contributed by atoms with Gasteiger partial charge in [-0.1, -0.05) is 17.7 Å². The Morgan fingerprint density at radius 2 is 2.42 bits per heavy atom. The van der Waals surface area contributed by atoms with Crippen molar-refractivity contribution in [2.45, 2.75) is 25.6 Å². The lowest BCUT2D eigenvalue weighted by Crippen LogP contribution is -2.49. The van der Waals surface area contributed by atoms with Crippen LogP contribution in [0.3, 0.4) is 0 Å². The number of pyridine rings is 1. The summed E-state index contributed by atoms with van der Waals surface area (Å²) in [7, 11) is 0. The molecule has 2 heterocycles. The second kappa shape index (κ2) is 5.22. The van der Waals surface area contributed by atoms with Gasteiger partial charge in [-0.3, -0.25) is 4.90 Å². The maximum Gasteiger partial charge on any atom is 0.409 e. The van der Waals surface area contributed by atoms with Gasteiger partial charge in [-0.25, -0.2) is 9.78 Å². The van der Waals surface area contributed by atoms with E-state index in [1.54, 1.807) is 32.0 Å². The van der Waals surface area contributed by atoms with E-state index < -0.39 is 11.8 Å². The molecule has 1 unspecified atom stereocenters. The fraction of sp³-hybridized carbons (Fsp3) is 0.500. The first-order valence-electron chi connectivity index (χ1n) is 5.93. The third kappa shape index (κ3) is 3.08. The van der Waals surface area contributed by atoms with Gasteiger partial charge in [0.15, 0.2) is 0 Å². The fourth-order valence-electron chi connectivity index (χ4n) is 2.15. The van der Waals surface area contributed by atoms with Gasteiger partial charge in [0.05, 0.1) is 12.6 Å². The Hall–Kier alpha value is -1.53. The van der Waals surface area contributed by atoms with Crippen LogP contribution in [0.5, 0.6) is 0 Å². The SMILES string of the molecule is CC1(C)OCC(CNc2cccc(Cl)n2)N1C(=O)O. The number of hydrogen-bond donors (Lipinski definition) is 2. The van der Waals surface area contributed by atoms with Crippen LogP contribution in [0, 0.1) is 0 Å². The zero-order valence-corrected chi connectivity index (χ0v) is 11.5. The lowest BCUT2D eigenvalue weighted by atomic mass is 10.2. The standard InChI is InChI=1S/C12H16ClN3O3/c1-12(2)16(11(17)18)8(7-19-12)6-14-10-5-3-4-9(13)15-10/h3-5,8H,6-7H2,1-2H3,(H,14,15)(H,17,18). The van der Waals surface area contributed by atoms with Crippen LogP contribution in [0.2, 0.25) is 5.15 Å². The summed E-state index contributed by atoms with van der Waals surface area (Å²) in [5.41, 5.74) is -0.806. The highest BCUT2D eigenvalue weighted by molar-refractivity contribution is 6.29. The van der Waals surface area contributed by atoms with Gasteiger partial charge in [-0.05, 0) is 26.0 Å². The molecule has 0 saturated carbocycles. The van der Waals surface area contributed by atoms with Crippen molar-refractivity contribution < 1.29 is 14.6 Å². The van der Waals surface area contributed by atoms with Gasteiger partial charge in [0.1, 0.15) is 16.7 Å². The van der Waals surface area contributed by atoms with Crippen molar-refractivity contribution in [1.29, 1.82) is 0 Å². The number of rotatable bonds is 3. The number of aromatic nitrogens is 1. The number of nitrogens with zero attached hydrogens (tertiary/aromatic N) is 2. The zero-order valence-electron chi connectivity index (χ0n) is 10.8. The molecular weight excluding hydrogens is 270 g/mol. The molecule has 0 bridgehead atoms. The van der Waals surface area contributed by atoms with Gasteiger partial charge in [-0.2, -0.15) is 0 Å². The Labute approximate surface area is 116 Å².